The number of hydrogen-bond donors (Lipinski definition) is 1. The van der Waals surface area contributed by atoms with Crippen LogP contribution in [0.15, 0.2) is 22.7 Å². The number of halogens is 2. The first kappa shape index (κ1) is 16.9. The van der Waals surface area contributed by atoms with Gasteiger partial charge in [0.05, 0.1) is 0 Å². The topological polar surface area (TPSA) is 32.5 Å². The fraction of sp³-hybridized carbons (Fsp3) is 0.625. The molecule has 0 heterocycles. The van der Waals surface area contributed by atoms with Crippen LogP contribution >= 0.6 is 15.9 Å². The standard InChI is InChI=1S/C16H25BrFN3/c1-20(2)16(7-4-8-16)11-21(3)15(10-19)13-6-5-12(18)9-14(13)17/h5-6,9,15H,4,7-8,10-11,19H2,1-3H3. The minimum atomic E-state index is -0.229. The zero-order chi connectivity index (χ0) is 15.6. The molecule has 2 N–H and O–H groups in total. The van der Waals surface area contributed by atoms with Crippen molar-refractivity contribution >= 4 is 15.9 Å². The lowest BCUT2D eigenvalue weighted by molar-refractivity contribution is 0.0167. The Morgan fingerprint density at radius 2 is 2.00 bits per heavy atom. The second-order valence-electron chi connectivity index (χ2n) is 6.30. The highest BCUT2D eigenvalue weighted by atomic mass is 79.9. The highest BCUT2D eigenvalue weighted by Gasteiger charge is 2.40. The van der Waals surface area contributed by atoms with Crippen molar-refractivity contribution in [3.05, 3.63) is 34.1 Å². The molecule has 21 heavy (non-hydrogen) atoms. The van der Waals surface area contributed by atoms with Gasteiger partial charge >= 0.3 is 0 Å². The van der Waals surface area contributed by atoms with Crippen LogP contribution in [0.2, 0.25) is 0 Å². The Morgan fingerprint density at radius 1 is 1.33 bits per heavy atom. The molecule has 0 spiro atoms. The molecule has 0 aromatic heterocycles. The van der Waals surface area contributed by atoms with Gasteiger partial charge in [0, 0.05) is 29.1 Å². The van der Waals surface area contributed by atoms with Gasteiger partial charge in [0.25, 0.3) is 0 Å². The molecule has 1 aliphatic rings. The summed E-state index contributed by atoms with van der Waals surface area (Å²) >= 11 is 3.46. The van der Waals surface area contributed by atoms with Crippen molar-refractivity contribution in [3.63, 3.8) is 0 Å². The highest BCUT2D eigenvalue weighted by Crippen LogP contribution is 2.38. The van der Waals surface area contributed by atoms with Gasteiger partial charge in [-0.1, -0.05) is 22.0 Å². The van der Waals surface area contributed by atoms with Crippen LogP contribution in [0.1, 0.15) is 30.9 Å². The molecule has 1 fully saturated rings. The third kappa shape index (κ3) is 3.47. The summed E-state index contributed by atoms with van der Waals surface area (Å²) in [5.41, 5.74) is 7.31. The van der Waals surface area contributed by atoms with Crippen LogP contribution in [0.25, 0.3) is 0 Å². The van der Waals surface area contributed by atoms with Gasteiger partial charge in [-0.3, -0.25) is 4.90 Å². The normalized spacial score (nSPS) is 18.9. The molecule has 1 unspecified atom stereocenters. The van der Waals surface area contributed by atoms with E-state index in [1.165, 1.54) is 31.4 Å². The first-order chi connectivity index (χ1) is 9.89. The maximum Gasteiger partial charge on any atom is 0.124 e. The molecule has 3 nitrogen and oxygen atoms in total. The lowest BCUT2D eigenvalue weighted by atomic mass is 9.75. The minimum absolute atomic E-state index is 0.0948. The van der Waals surface area contributed by atoms with Crippen LogP contribution < -0.4 is 5.73 Å². The van der Waals surface area contributed by atoms with E-state index in [4.69, 9.17) is 5.73 Å². The molecule has 0 bridgehead atoms. The van der Waals surface area contributed by atoms with Crippen molar-refractivity contribution in [2.24, 2.45) is 5.73 Å². The van der Waals surface area contributed by atoms with E-state index in [2.05, 4.69) is 46.9 Å². The number of nitrogens with zero attached hydrogens (tertiary/aromatic N) is 2. The van der Waals surface area contributed by atoms with Crippen LogP contribution in [0.3, 0.4) is 0 Å². The second kappa shape index (κ2) is 6.73. The van der Waals surface area contributed by atoms with Crippen molar-refractivity contribution in [2.45, 2.75) is 30.8 Å². The quantitative estimate of drug-likeness (QED) is 0.849. The summed E-state index contributed by atoms with van der Waals surface area (Å²) in [4.78, 5) is 4.64. The third-order valence-corrected chi connectivity index (χ3v) is 5.54. The molecular weight excluding hydrogens is 333 g/mol. The zero-order valence-corrected chi connectivity index (χ0v) is 14.7. The molecule has 118 valence electrons. The predicted molar refractivity (Wildman–Crippen MR) is 88.8 cm³/mol. The third-order valence-electron chi connectivity index (χ3n) is 4.85. The van der Waals surface area contributed by atoms with Gasteiger partial charge < -0.3 is 10.6 Å². The van der Waals surface area contributed by atoms with Crippen LogP contribution in [-0.4, -0.2) is 49.6 Å². The number of hydrogen-bond acceptors (Lipinski definition) is 3. The Kier molecular flexibility index (Phi) is 5.41. The van der Waals surface area contributed by atoms with Crippen molar-refractivity contribution in [3.8, 4) is 0 Å². The smallest absolute Gasteiger partial charge is 0.124 e. The maximum absolute atomic E-state index is 13.3. The summed E-state index contributed by atoms with van der Waals surface area (Å²) in [6.07, 6.45) is 3.75. The van der Waals surface area contributed by atoms with E-state index in [1.54, 1.807) is 0 Å². The predicted octanol–water partition coefficient (Wildman–Crippen LogP) is 3.00. The van der Waals surface area contributed by atoms with Crippen LogP contribution in [-0.2, 0) is 0 Å². The van der Waals surface area contributed by atoms with E-state index in [0.717, 1.165) is 16.6 Å². The number of nitrogens with two attached hydrogens (primary N) is 1. The van der Waals surface area contributed by atoms with E-state index in [0.29, 0.717) is 6.54 Å². The summed E-state index contributed by atoms with van der Waals surface area (Å²) in [5.74, 6) is -0.229. The van der Waals surface area contributed by atoms with E-state index in [9.17, 15) is 4.39 Å². The number of likely N-dealkylation sites (N-methyl/N-ethyl adjacent to an activating group) is 2. The number of rotatable bonds is 6. The van der Waals surface area contributed by atoms with Crippen LogP contribution in [0.4, 0.5) is 4.39 Å². The molecule has 1 saturated carbocycles. The van der Waals surface area contributed by atoms with E-state index in [-0.39, 0.29) is 17.4 Å². The summed E-state index contributed by atoms with van der Waals surface area (Å²) in [6, 6.07) is 4.94. The minimum Gasteiger partial charge on any atom is -0.329 e. The SMILES string of the molecule is CN(CC1(N(C)C)CCC1)C(CN)c1ccc(F)cc1Br. The number of benzene rings is 1. The second-order valence-corrected chi connectivity index (χ2v) is 7.16. The Bertz CT molecular complexity index is 488. The molecule has 1 aliphatic carbocycles. The highest BCUT2D eigenvalue weighted by molar-refractivity contribution is 9.10. The van der Waals surface area contributed by atoms with Gasteiger partial charge in [0.1, 0.15) is 5.82 Å². The molecule has 1 aromatic carbocycles. The monoisotopic (exact) mass is 357 g/mol. The Hall–Kier alpha value is -0.490. The molecule has 0 aliphatic heterocycles. The fourth-order valence-electron chi connectivity index (χ4n) is 3.22. The van der Waals surface area contributed by atoms with Crippen molar-refractivity contribution < 1.29 is 4.39 Å². The van der Waals surface area contributed by atoms with Crippen molar-refractivity contribution in [1.82, 2.24) is 9.80 Å². The van der Waals surface area contributed by atoms with E-state index in [1.807, 2.05) is 6.07 Å². The molecule has 0 radical (unpaired) electrons. The first-order valence-corrected chi connectivity index (χ1v) is 8.21. The van der Waals surface area contributed by atoms with Gasteiger partial charge in [-0.25, -0.2) is 4.39 Å². The fourth-order valence-corrected chi connectivity index (χ4v) is 3.84. The van der Waals surface area contributed by atoms with E-state index >= 15 is 0 Å². The van der Waals surface area contributed by atoms with E-state index < -0.39 is 0 Å². The average Bonchev–Trinajstić information content (AvgIpc) is 2.36. The van der Waals surface area contributed by atoms with Gasteiger partial charge in [0.2, 0.25) is 0 Å². The van der Waals surface area contributed by atoms with Gasteiger partial charge in [-0.05, 0) is 58.1 Å². The first-order valence-electron chi connectivity index (χ1n) is 7.42. The Morgan fingerprint density at radius 3 is 2.43 bits per heavy atom. The molecule has 1 aromatic rings. The maximum atomic E-state index is 13.3. The molecule has 1 atom stereocenters. The lowest BCUT2D eigenvalue weighted by Gasteiger charge is -2.50. The Labute approximate surface area is 135 Å². The average molecular weight is 358 g/mol. The van der Waals surface area contributed by atoms with Crippen molar-refractivity contribution in [1.29, 1.82) is 0 Å². The molecule has 2 rings (SSSR count). The Balaban J connectivity index is 2.17. The van der Waals surface area contributed by atoms with Crippen LogP contribution in [0, 0.1) is 5.82 Å². The lowest BCUT2D eigenvalue weighted by Crippen LogP contribution is -2.57. The molecule has 5 heteroatoms. The largest absolute Gasteiger partial charge is 0.329 e. The molecule has 0 amide bonds. The van der Waals surface area contributed by atoms with Gasteiger partial charge in [-0.2, -0.15) is 0 Å². The van der Waals surface area contributed by atoms with Crippen molar-refractivity contribution in [2.75, 3.05) is 34.2 Å². The summed E-state index contributed by atoms with van der Waals surface area (Å²) in [7, 11) is 6.41. The molecular formula is C16H25BrFN3. The molecule has 0 saturated heterocycles. The zero-order valence-electron chi connectivity index (χ0n) is 13.1. The van der Waals surface area contributed by atoms with Gasteiger partial charge in [0.15, 0.2) is 0 Å². The van der Waals surface area contributed by atoms with Crippen LogP contribution in [0.5, 0.6) is 0 Å². The summed E-state index contributed by atoms with van der Waals surface area (Å²) in [5, 5.41) is 0. The van der Waals surface area contributed by atoms with Gasteiger partial charge in [-0.15, -0.1) is 0 Å². The summed E-state index contributed by atoms with van der Waals surface area (Å²) < 4.78 is 14.1. The summed E-state index contributed by atoms with van der Waals surface area (Å²) in [6.45, 7) is 1.50.